The molecule has 0 unspecified atom stereocenters. The fourth-order valence-corrected chi connectivity index (χ4v) is 5.04. The maximum absolute atomic E-state index is 12.7. The summed E-state index contributed by atoms with van der Waals surface area (Å²) in [6.07, 6.45) is 1.72. The van der Waals surface area contributed by atoms with E-state index in [9.17, 15) is 13.2 Å². The summed E-state index contributed by atoms with van der Waals surface area (Å²) >= 11 is 12.0. The molecule has 1 fully saturated rings. The molecule has 1 N–H and O–H groups in total. The van der Waals surface area contributed by atoms with Crippen molar-refractivity contribution in [1.82, 2.24) is 9.62 Å². The average molecular weight is 427 g/mol. The molecule has 144 valence electrons. The second kappa shape index (κ2) is 8.19. The van der Waals surface area contributed by atoms with Crippen molar-refractivity contribution >= 4 is 39.1 Å². The van der Waals surface area contributed by atoms with Gasteiger partial charge in [-0.2, -0.15) is 4.31 Å². The van der Waals surface area contributed by atoms with Crippen LogP contribution in [-0.4, -0.2) is 31.7 Å². The summed E-state index contributed by atoms with van der Waals surface area (Å²) in [6.45, 7) is 3.04. The second-order valence-corrected chi connectivity index (χ2v) is 9.29. The van der Waals surface area contributed by atoms with Gasteiger partial charge in [0.05, 0.1) is 4.90 Å². The maximum atomic E-state index is 12.7. The topological polar surface area (TPSA) is 66.5 Å². The van der Waals surface area contributed by atoms with E-state index in [-0.39, 0.29) is 17.3 Å². The molecule has 2 aromatic rings. The van der Waals surface area contributed by atoms with Crippen molar-refractivity contribution in [2.24, 2.45) is 0 Å². The Balaban J connectivity index is 1.80. The van der Waals surface area contributed by atoms with Gasteiger partial charge in [0.25, 0.3) is 5.91 Å². The lowest BCUT2D eigenvalue weighted by molar-refractivity contribution is 0.0950. The Hall–Kier alpha value is -1.60. The normalized spacial score (nSPS) is 15.1. The zero-order valence-electron chi connectivity index (χ0n) is 14.8. The first-order chi connectivity index (χ1) is 12.8. The molecule has 1 heterocycles. The molecule has 1 aliphatic rings. The predicted molar refractivity (Wildman–Crippen MR) is 107 cm³/mol. The van der Waals surface area contributed by atoms with Gasteiger partial charge < -0.3 is 5.32 Å². The standard InChI is InChI=1S/C19H20Cl2N2O3S/c1-13-4-7-16(27(25,26)23-8-2-3-9-23)11-17(13)19(24)22-12-14-5-6-15(20)10-18(14)21/h4-7,10-11H,2-3,8-9,12H2,1H3,(H,22,24). The summed E-state index contributed by atoms with van der Waals surface area (Å²) < 4.78 is 26.9. The first-order valence-corrected chi connectivity index (χ1v) is 10.8. The van der Waals surface area contributed by atoms with Crippen LogP contribution in [0.3, 0.4) is 0 Å². The number of aryl methyl sites for hydroxylation is 1. The Labute approximate surface area is 169 Å². The Morgan fingerprint density at radius 2 is 1.81 bits per heavy atom. The molecule has 1 aliphatic heterocycles. The van der Waals surface area contributed by atoms with E-state index in [1.807, 2.05) is 0 Å². The summed E-state index contributed by atoms with van der Waals surface area (Å²) in [5, 5.41) is 3.77. The third-order valence-electron chi connectivity index (χ3n) is 4.61. The Morgan fingerprint density at radius 1 is 1.11 bits per heavy atom. The lowest BCUT2D eigenvalue weighted by Gasteiger charge is -2.17. The quantitative estimate of drug-likeness (QED) is 0.784. The van der Waals surface area contributed by atoms with Gasteiger partial charge in [-0.05, 0) is 55.2 Å². The Bertz CT molecular complexity index is 971. The smallest absolute Gasteiger partial charge is 0.251 e. The Kier molecular flexibility index (Phi) is 6.11. The second-order valence-electron chi connectivity index (χ2n) is 6.51. The van der Waals surface area contributed by atoms with Crippen LogP contribution in [0.5, 0.6) is 0 Å². The van der Waals surface area contributed by atoms with Gasteiger partial charge in [-0.25, -0.2) is 8.42 Å². The van der Waals surface area contributed by atoms with Crippen molar-refractivity contribution in [1.29, 1.82) is 0 Å². The van der Waals surface area contributed by atoms with Crippen LogP contribution >= 0.6 is 23.2 Å². The molecule has 0 bridgehead atoms. The fraction of sp³-hybridized carbons (Fsp3) is 0.316. The van der Waals surface area contributed by atoms with E-state index in [2.05, 4.69) is 5.32 Å². The highest BCUT2D eigenvalue weighted by molar-refractivity contribution is 7.89. The van der Waals surface area contributed by atoms with Gasteiger partial charge in [0.1, 0.15) is 0 Å². The molecule has 0 radical (unpaired) electrons. The van der Waals surface area contributed by atoms with Crippen molar-refractivity contribution < 1.29 is 13.2 Å². The SMILES string of the molecule is Cc1ccc(S(=O)(=O)N2CCCC2)cc1C(=O)NCc1ccc(Cl)cc1Cl. The van der Waals surface area contributed by atoms with Crippen LogP contribution in [0.2, 0.25) is 10.0 Å². The molecule has 8 heteroatoms. The molecule has 0 aliphatic carbocycles. The molecule has 1 saturated heterocycles. The minimum Gasteiger partial charge on any atom is -0.348 e. The summed E-state index contributed by atoms with van der Waals surface area (Å²) in [6, 6.07) is 9.71. The monoisotopic (exact) mass is 426 g/mol. The van der Waals surface area contributed by atoms with E-state index in [0.717, 1.165) is 18.4 Å². The van der Waals surface area contributed by atoms with Crippen molar-refractivity contribution in [2.75, 3.05) is 13.1 Å². The molecule has 0 spiro atoms. The molecule has 2 aromatic carbocycles. The number of benzene rings is 2. The molecule has 5 nitrogen and oxygen atoms in total. The molecule has 27 heavy (non-hydrogen) atoms. The van der Waals surface area contributed by atoms with Crippen LogP contribution in [-0.2, 0) is 16.6 Å². The zero-order valence-corrected chi connectivity index (χ0v) is 17.2. The van der Waals surface area contributed by atoms with Gasteiger partial charge in [-0.1, -0.05) is 35.3 Å². The van der Waals surface area contributed by atoms with Gasteiger partial charge in [0, 0.05) is 35.2 Å². The molecule has 1 amide bonds. The minimum atomic E-state index is -3.57. The first-order valence-electron chi connectivity index (χ1n) is 8.62. The highest BCUT2D eigenvalue weighted by Gasteiger charge is 2.28. The van der Waals surface area contributed by atoms with Gasteiger partial charge in [0.15, 0.2) is 0 Å². The number of hydrogen-bond donors (Lipinski definition) is 1. The predicted octanol–water partition coefficient (Wildman–Crippen LogP) is 4.02. The largest absolute Gasteiger partial charge is 0.348 e. The van der Waals surface area contributed by atoms with E-state index in [0.29, 0.717) is 34.3 Å². The van der Waals surface area contributed by atoms with Gasteiger partial charge in [0.2, 0.25) is 10.0 Å². The van der Waals surface area contributed by atoms with E-state index >= 15 is 0 Å². The number of nitrogens with zero attached hydrogens (tertiary/aromatic N) is 1. The molecule has 0 atom stereocenters. The van der Waals surface area contributed by atoms with Crippen molar-refractivity contribution in [3.8, 4) is 0 Å². The van der Waals surface area contributed by atoms with E-state index in [4.69, 9.17) is 23.2 Å². The molecule has 0 saturated carbocycles. The van der Waals surface area contributed by atoms with Crippen LogP contribution < -0.4 is 5.32 Å². The number of rotatable bonds is 5. The minimum absolute atomic E-state index is 0.143. The lowest BCUT2D eigenvalue weighted by atomic mass is 10.1. The number of halogens is 2. The van der Waals surface area contributed by atoms with Crippen LogP contribution in [0.1, 0.15) is 34.3 Å². The van der Waals surface area contributed by atoms with Gasteiger partial charge in [-0.15, -0.1) is 0 Å². The fourth-order valence-electron chi connectivity index (χ4n) is 3.02. The Morgan fingerprint density at radius 3 is 2.48 bits per heavy atom. The van der Waals surface area contributed by atoms with Crippen LogP contribution in [0, 0.1) is 6.92 Å². The third-order valence-corrected chi connectivity index (χ3v) is 7.09. The number of amides is 1. The maximum Gasteiger partial charge on any atom is 0.251 e. The number of carbonyl (C=O) groups is 1. The van der Waals surface area contributed by atoms with Crippen molar-refractivity contribution in [3.05, 3.63) is 63.1 Å². The summed E-state index contributed by atoms with van der Waals surface area (Å²) in [5.41, 5.74) is 1.77. The zero-order chi connectivity index (χ0) is 19.6. The van der Waals surface area contributed by atoms with Crippen LogP contribution in [0.25, 0.3) is 0 Å². The van der Waals surface area contributed by atoms with Crippen LogP contribution in [0.4, 0.5) is 0 Å². The number of nitrogens with one attached hydrogen (secondary N) is 1. The van der Waals surface area contributed by atoms with Crippen molar-refractivity contribution in [2.45, 2.75) is 31.2 Å². The average Bonchev–Trinajstić information content (AvgIpc) is 3.16. The lowest BCUT2D eigenvalue weighted by Crippen LogP contribution is -2.29. The highest BCUT2D eigenvalue weighted by Crippen LogP contribution is 2.24. The third kappa shape index (κ3) is 4.46. The summed E-state index contributed by atoms with van der Waals surface area (Å²) in [5.74, 6) is -0.350. The van der Waals surface area contributed by atoms with Gasteiger partial charge in [-0.3, -0.25) is 4.79 Å². The summed E-state index contributed by atoms with van der Waals surface area (Å²) in [7, 11) is -3.57. The molecular formula is C19H20Cl2N2O3S. The van der Waals surface area contributed by atoms with Crippen LogP contribution in [0.15, 0.2) is 41.3 Å². The molecule has 3 rings (SSSR count). The van der Waals surface area contributed by atoms with Gasteiger partial charge >= 0.3 is 0 Å². The summed E-state index contributed by atoms with van der Waals surface area (Å²) in [4.78, 5) is 12.8. The van der Waals surface area contributed by atoms with E-state index in [1.165, 1.54) is 10.4 Å². The van der Waals surface area contributed by atoms with E-state index < -0.39 is 10.0 Å². The molecular weight excluding hydrogens is 407 g/mol. The first kappa shape index (κ1) is 20.1. The highest BCUT2D eigenvalue weighted by atomic mass is 35.5. The van der Waals surface area contributed by atoms with Crippen molar-refractivity contribution in [3.63, 3.8) is 0 Å². The number of sulfonamides is 1. The number of hydrogen-bond acceptors (Lipinski definition) is 3. The molecule has 0 aromatic heterocycles. The number of carbonyl (C=O) groups excluding carboxylic acids is 1. The van der Waals surface area contributed by atoms with E-state index in [1.54, 1.807) is 37.3 Å².